The first-order valence-corrected chi connectivity index (χ1v) is 4.09. The first-order chi connectivity index (χ1) is 6.25. The largest absolute Gasteiger partial charge is 0.361 e. The summed E-state index contributed by atoms with van der Waals surface area (Å²) < 4.78 is 6.59. The van der Waals surface area contributed by atoms with Gasteiger partial charge in [-0.05, 0) is 18.5 Å². The molecule has 0 saturated heterocycles. The van der Waals surface area contributed by atoms with E-state index in [0.29, 0.717) is 11.8 Å². The second-order valence-corrected chi connectivity index (χ2v) is 2.99. The lowest BCUT2D eigenvalue weighted by molar-refractivity contribution is 0.389. The van der Waals surface area contributed by atoms with Crippen molar-refractivity contribution in [2.24, 2.45) is 0 Å². The predicted octanol–water partition coefficient (Wildman–Crippen LogP) is 1.28. The van der Waals surface area contributed by atoms with Crippen LogP contribution >= 0.6 is 11.6 Å². The summed E-state index contributed by atoms with van der Waals surface area (Å²) in [5.74, 6) is 0.777. The zero-order chi connectivity index (χ0) is 9.26. The fourth-order valence-electron chi connectivity index (χ4n) is 1.01. The second-order valence-electron chi connectivity index (χ2n) is 2.66. The van der Waals surface area contributed by atoms with E-state index in [1.54, 1.807) is 10.9 Å². The molecule has 2 aromatic heterocycles. The third-order valence-corrected chi connectivity index (χ3v) is 1.87. The summed E-state index contributed by atoms with van der Waals surface area (Å²) in [4.78, 5) is 0. The van der Waals surface area contributed by atoms with Crippen LogP contribution in [0.25, 0.3) is 0 Å². The zero-order valence-electron chi connectivity index (χ0n) is 6.94. The van der Waals surface area contributed by atoms with E-state index in [4.69, 9.17) is 16.1 Å². The smallest absolute Gasteiger partial charge is 0.225 e. The minimum Gasteiger partial charge on any atom is -0.361 e. The van der Waals surface area contributed by atoms with Crippen LogP contribution in [0.15, 0.2) is 16.9 Å². The van der Waals surface area contributed by atoms with Gasteiger partial charge in [0.15, 0.2) is 0 Å². The van der Waals surface area contributed by atoms with Crippen LogP contribution in [0.1, 0.15) is 11.5 Å². The Hall–Kier alpha value is -1.36. The third kappa shape index (κ3) is 1.70. The zero-order valence-corrected chi connectivity index (χ0v) is 7.69. The van der Waals surface area contributed by atoms with E-state index in [9.17, 15) is 0 Å². The number of aromatic nitrogens is 4. The number of aryl methyl sites for hydroxylation is 1. The van der Waals surface area contributed by atoms with Gasteiger partial charge in [-0.15, -0.1) is 10.2 Å². The highest BCUT2D eigenvalue weighted by atomic mass is 35.5. The summed E-state index contributed by atoms with van der Waals surface area (Å²) in [6, 6.07) is 1.84. The molecule has 2 rings (SSSR count). The van der Waals surface area contributed by atoms with Crippen molar-refractivity contribution in [3.05, 3.63) is 29.1 Å². The Kier molecular flexibility index (Phi) is 2.02. The normalized spacial score (nSPS) is 10.6. The highest BCUT2D eigenvalue weighted by molar-refractivity contribution is 6.28. The highest BCUT2D eigenvalue weighted by Crippen LogP contribution is 2.08. The van der Waals surface area contributed by atoms with Crippen LogP contribution in [0.5, 0.6) is 0 Å². The van der Waals surface area contributed by atoms with Crippen molar-refractivity contribution < 1.29 is 4.52 Å². The number of nitrogens with zero attached hydrogens (tertiary/aromatic N) is 4. The standard InChI is InChI=1S/C7H7ClN4O/c1-5-2-6(11-13-5)3-12-4-9-10-7(12)8/h2,4H,3H2,1H3. The van der Waals surface area contributed by atoms with E-state index >= 15 is 0 Å². The van der Waals surface area contributed by atoms with Crippen molar-refractivity contribution in [3.63, 3.8) is 0 Å². The van der Waals surface area contributed by atoms with Crippen LogP contribution in [-0.2, 0) is 6.54 Å². The van der Waals surface area contributed by atoms with Gasteiger partial charge in [0.25, 0.3) is 0 Å². The molecule has 0 aliphatic heterocycles. The maximum atomic E-state index is 5.73. The SMILES string of the molecule is Cc1cc(Cn2cnnc2Cl)no1. The van der Waals surface area contributed by atoms with Crippen LogP contribution in [0, 0.1) is 6.92 Å². The number of rotatable bonds is 2. The molecule has 5 nitrogen and oxygen atoms in total. The summed E-state index contributed by atoms with van der Waals surface area (Å²) >= 11 is 5.73. The molecule has 0 aromatic carbocycles. The topological polar surface area (TPSA) is 56.7 Å². The molecule has 0 unspecified atom stereocenters. The minimum absolute atomic E-state index is 0.348. The summed E-state index contributed by atoms with van der Waals surface area (Å²) in [7, 11) is 0. The van der Waals surface area contributed by atoms with Crippen molar-refractivity contribution in [1.29, 1.82) is 0 Å². The third-order valence-electron chi connectivity index (χ3n) is 1.58. The molecule has 0 saturated carbocycles. The predicted molar refractivity (Wildman–Crippen MR) is 45.4 cm³/mol. The minimum atomic E-state index is 0.348. The van der Waals surface area contributed by atoms with Crippen LogP contribution in [0.3, 0.4) is 0 Å². The molecule has 0 atom stereocenters. The fraction of sp³-hybridized carbons (Fsp3) is 0.286. The quantitative estimate of drug-likeness (QED) is 0.730. The molecule has 0 aliphatic carbocycles. The maximum absolute atomic E-state index is 5.73. The lowest BCUT2D eigenvalue weighted by Crippen LogP contribution is -1.98. The molecule has 0 N–H and O–H groups in total. The van der Waals surface area contributed by atoms with Crippen molar-refractivity contribution in [2.45, 2.75) is 13.5 Å². The molecule has 68 valence electrons. The Morgan fingerprint density at radius 3 is 3.00 bits per heavy atom. The Balaban J connectivity index is 2.19. The lowest BCUT2D eigenvalue weighted by atomic mass is 10.4. The average Bonchev–Trinajstić information content (AvgIpc) is 2.64. The van der Waals surface area contributed by atoms with Gasteiger partial charge in [0.2, 0.25) is 5.28 Å². The molecule has 2 aromatic rings. The Bertz CT molecular complexity index is 408. The molecule has 0 amide bonds. The van der Waals surface area contributed by atoms with Crippen LogP contribution < -0.4 is 0 Å². The van der Waals surface area contributed by atoms with E-state index in [2.05, 4.69) is 15.4 Å². The van der Waals surface area contributed by atoms with Crippen LogP contribution in [0.2, 0.25) is 5.28 Å². The Labute approximate surface area is 79.3 Å². The van der Waals surface area contributed by atoms with Gasteiger partial charge in [0.05, 0.1) is 6.54 Å². The molecule has 0 bridgehead atoms. The molecule has 13 heavy (non-hydrogen) atoms. The van der Waals surface area contributed by atoms with Crippen LogP contribution in [-0.4, -0.2) is 19.9 Å². The van der Waals surface area contributed by atoms with E-state index in [0.717, 1.165) is 11.5 Å². The molecule has 6 heteroatoms. The fourth-order valence-corrected chi connectivity index (χ4v) is 1.16. The molecule has 0 aliphatic rings. The van der Waals surface area contributed by atoms with Crippen LogP contribution in [0.4, 0.5) is 0 Å². The molecule has 0 spiro atoms. The number of hydrogen-bond acceptors (Lipinski definition) is 4. The first-order valence-electron chi connectivity index (χ1n) is 3.71. The highest BCUT2D eigenvalue weighted by Gasteiger charge is 2.04. The molecule has 0 radical (unpaired) electrons. The monoisotopic (exact) mass is 198 g/mol. The summed E-state index contributed by atoms with van der Waals surface area (Å²) in [5, 5.41) is 11.5. The van der Waals surface area contributed by atoms with Gasteiger partial charge >= 0.3 is 0 Å². The van der Waals surface area contributed by atoms with E-state index < -0.39 is 0 Å². The molecule has 2 heterocycles. The van der Waals surface area contributed by atoms with Gasteiger partial charge in [0, 0.05) is 6.07 Å². The van der Waals surface area contributed by atoms with Gasteiger partial charge in [-0.2, -0.15) is 0 Å². The summed E-state index contributed by atoms with van der Waals surface area (Å²) in [6.45, 7) is 2.37. The Morgan fingerprint density at radius 2 is 2.46 bits per heavy atom. The van der Waals surface area contributed by atoms with Gasteiger partial charge in [-0.3, -0.25) is 4.57 Å². The van der Waals surface area contributed by atoms with E-state index in [1.807, 2.05) is 13.0 Å². The van der Waals surface area contributed by atoms with Crippen molar-refractivity contribution in [2.75, 3.05) is 0 Å². The van der Waals surface area contributed by atoms with Gasteiger partial charge in [0.1, 0.15) is 17.8 Å². The van der Waals surface area contributed by atoms with Gasteiger partial charge < -0.3 is 4.52 Å². The number of halogens is 1. The van der Waals surface area contributed by atoms with Crippen molar-refractivity contribution in [3.8, 4) is 0 Å². The Morgan fingerprint density at radius 1 is 1.62 bits per heavy atom. The van der Waals surface area contributed by atoms with E-state index in [-0.39, 0.29) is 0 Å². The molecule has 0 fully saturated rings. The van der Waals surface area contributed by atoms with Gasteiger partial charge in [-0.25, -0.2) is 0 Å². The van der Waals surface area contributed by atoms with Crippen molar-refractivity contribution >= 4 is 11.6 Å². The van der Waals surface area contributed by atoms with Crippen molar-refractivity contribution in [1.82, 2.24) is 19.9 Å². The lowest BCUT2D eigenvalue weighted by Gasteiger charge is -1.96. The second kappa shape index (κ2) is 3.18. The average molecular weight is 199 g/mol. The number of hydrogen-bond donors (Lipinski definition) is 0. The summed E-state index contributed by atoms with van der Waals surface area (Å²) in [6.07, 6.45) is 1.55. The first kappa shape index (κ1) is 8.25. The molecular formula is C7H7ClN4O. The molecular weight excluding hydrogens is 192 g/mol. The van der Waals surface area contributed by atoms with E-state index in [1.165, 1.54) is 0 Å². The van der Waals surface area contributed by atoms with Gasteiger partial charge in [-0.1, -0.05) is 5.16 Å². The maximum Gasteiger partial charge on any atom is 0.225 e. The summed E-state index contributed by atoms with van der Waals surface area (Å²) in [5.41, 5.74) is 0.805.